The van der Waals surface area contributed by atoms with Gasteiger partial charge in [0.15, 0.2) is 0 Å². The summed E-state index contributed by atoms with van der Waals surface area (Å²) in [5, 5.41) is 12.7. The molecule has 1 aromatic rings. The number of anilines is 2. The number of aliphatic hydroxyl groups is 1. The normalized spacial score (nSPS) is 18.7. The fourth-order valence-electron chi connectivity index (χ4n) is 1.91. The highest BCUT2D eigenvalue weighted by Crippen LogP contribution is 2.19. The second-order valence-electron chi connectivity index (χ2n) is 4.51. The van der Waals surface area contributed by atoms with E-state index in [-0.39, 0.29) is 6.10 Å². The molecule has 0 aromatic carbocycles. The van der Waals surface area contributed by atoms with Crippen molar-refractivity contribution in [3.8, 4) is 6.01 Å². The van der Waals surface area contributed by atoms with E-state index in [2.05, 4.69) is 20.3 Å². The van der Waals surface area contributed by atoms with E-state index in [0.29, 0.717) is 31.1 Å². The van der Waals surface area contributed by atoms with E-state index in [1.165, 1.54) is 0 Å². The molecule has 19 heavy (non-hydrogen) atoms. The third kappa shape index (κ3) is 3.66. The smallest absolute Gasteiger partial charge is 0.323 e. The summed E-state index contributed by atoms with van der Waals surface area (Å²) in [4.78, 5) is 14.8. The summed E-state index contributed by atoms with van der Waals surface area (Å²) in [6.07, 6.45) is 1.34. The number of β-amino-alcohol motifs (C(OH)–C–C–N with tert-alkyl or cyclic N) is 1. The molecule has 2 heterocycles. The van der Waals surface area contributed by atoms with Gasteiger partial charge in [0.25, 0.3) is 0 Å². The van der Waals surface area contributed by atoms with E-state index >= 15 is 0 Å². The Morgan fingerprint density at radius 1 is 1.37 bits per heavy atom. The van der Waals surface area contributed by atoms with Crippen LogP contribution in [0.25, 0.3) is 0 Å². The maximum Gasteiger partial charge on any atom is 0.323 e. The van der Waals surface area contributed by atoms with Gasteiger partial charge in [0.2, 0.25) is 11.9 Å². The lowest BCUT2D eigenvalue weighted by Crippen LogP contribution is -2.24. The first kappa shape index (κ1) is 13.8. The fraction of sp³-hybridized carbons (Fsp3) is 0.750. The van der Waals surface area contributed by atoms with Crippen LogP contribution in [0.15, 0.2) is 0 Å². The minimum absolute atomic E-state index is 0.306. The van der Waals surface area contributed by atoms with Crippen molar-refractivity contribution < 1.29 is 9.84 Å². The molecule has 0 saturated carbocycles. The van der Waals surface area contributed by atoms with Crippen molar-refractivity contribution in [1.29, 1.82) is 0 Å². The van der Waals surface area contributed by atoms with Crippen molar-refractivity contribution >= 4 is 11.9 Å². The van der Waals surface area contributed by atoms with E-state index in [1.807, 2.05) is 18.7 Å². The van der Waals surface area contributed by atoms with Crippen LogP contribution < -0.4 is 15.0 Å². The Morgan fingerprint density at radius 3 is 2.84 bits per heavy atom. The molecule has 7 nitrogen and oxygen atoms in total. The van der Waals surface area contributed by atoms with Crippen LogP contribution in [-0.2, 0) is 0 Å². The van der Waals surface area contributed by atoms with Crippen LogP contribution in [0.5, 0.6) is 6.01 Å². The topological polar surface area (TPSA) is 83.4 Å². The van der Waals surface area contributed by atoms with Crippen LogP contribution in [0, 0.1) is 0 Å². The molecular formula is C12H21N5O2. The quantitative estimate of drug-likeness (QED) is 0.783. The molecule has 0 bridgehead atoms. The first-order valence-electron chi connectivity index (χ1n) is 6.78. The molecule has 2 rings (SSSR count). The van der Waals surface area contributed by atoms with Gasteiger partial charge in [-0.15, -0.1) is 0 Å². The zero-order chi connectivity index (χ0) is 13.7. The number of aliphatic hydroxyl groups excluding tert-OH is 1. The fourth-order valence-corrected chi connectivity index (χ4v) is 1.91. The van der Waals surface area contributed by atoms with Gasteiger partial charge in [-0.05, 0) is 19.8 Å². The lowest BCUT2D eigenvalue weighted by Gasteiger charge is -2.16. The molecule has 1 aliphatic heterocycles. The maximum absolute atomic E-state index is 9.58. The Bertz CT molecular complexity index is 415. The lowest BCUT2D eigenvalue weighted by atomic mass is 10.3. The minimum atomic E-state index is -0.306. The molecule has 0 radical (unpaired) electrons. The predicted molar refractivity (Wildman–Crippen MR) is 72.6 cm³/mol. The summed E-state index contributed by atoms with van der Waals surface area (Å²) in [6.45, 7) is 6.64. The first-order valence-corrected chi connectivity index (χ1v) is 6.78. The highest BCUT2D eigenvalue weighted by molar-refractivity contribution is 5.39. The summed E-state index contributed by atoms with van der Waals surface area (Å²) in [6, 6.07) is 0.337. The Kier molecular flexibility index (Phi) is 4.73. The third-order valence-corrected chi connectivity index (χ3v) is 2.82. The molecule has 1 unspecified atom stereocenters. The van der Waals surface area contributed by atoms with E-state index in [0.717, 1.165) is 25.9 Å². The van der Waals surface area contributed by atoms with E-state index < -0.39 is 0 Å². The Hall–Kier alpha value is -1.63. The average Bonchev–Trinajstić information content (AvgIpc) is 2.83. The summed E-state index contributed by atoms with van der Waals surface area (Å²) in [5.41, 5.74) is 0. The predicted octanol–water partition coefficient (Wildman–Crippen LogP) is 0.663. The Balaban J connectivity index is 2.18. The molecule has 106 valence electrons. The van der Waals surface area contributed by atoms with Crippen LogP contribution in [0.3, 0.4) is 0 Å². The number of ether oxygens (including phenoxy) is 1. The van der Waals surface area contributed by atoms with Crippen LogP contribution in [-0.4, -0.2) is 52.4 Å². The van der Waals surface area contributed by atoms with Crippen LogP contribution in [0.4, 0.5) is 11.9 Å². The van der Waals surface area contributed by atoms with Gasteiger partial charge in [-0.1, -0.05) is 6.92 Å². The number of nitrogens with one attached hydrogen (secondary N) is 1. The van der Waals surface area contributed by atoms with Crippen molar-refractivity contribution in [3.05, 3.63) is 0 Å². The van der Waals surface area contributed by atoms with Crippen LogP contribution in [0.1, 0.15) is 26.7 Å². The van der Waals surface area contributed by atoms with Crippen molar-refractivity contribution in [3.63, 3.8) is 0 Å². The Labute approximate surface area is 113 Å². The van der Waals surface area contributed by atoms with E-state index in [1.54, 1.807) is 0 Å². The van der Waals surface area contributed by atoms with Gasteiger partial charge in [-0.3, -0.25) is 0 Å². The molecular weight excluding hydrogens is 246 g/mol. The standard InChI is InChI=1S/C12H21N5O2/c1-3-7-19-12-15-10(13-4-2)14-11(16-12)17-6-5-9(18)8-17/h9,18H,3-8H2,1-2H3,(H,13,14,15,16). The minimum Gasteiger partial charge on any atom is -0.463 e. The Morgan fingerprint density at radius 2 is 2.21 bits per heavy atom. The number of hydrogen-bond donors (Lipinski definition) is 2. The number of aromatic nitrogens is 3. The second kappa shape index (κ2) is 6.51. The molecule has 7 heteroatoms. The monoisotopic (exact) mass is 267 g/mol. The molecule has 1 saturated heterocycles. The zero-order valence-corrected chi connectivity index (χ0v) is 11.5. The van der Waals surface area contributed by atoms with Gasteiger partial charge < -0.3 is 20.1 Å². The molecule has 0 aliphatic carbocycles. The molecule has 1 fully saturated rings. The van der Waals surface area contributed by atoms with Gasteiger partial charge in [0.05, 0.1) is 12.7 Å². The summed E-state index contributed by atoms with van der Waals surface area (Å²) in [7, 11) is 0. The maximum atomic E-state index is 9.58. The summed E-state index contributed by atoms with van der Waals surface area (Å²) < 4.78 is 5.48. The number of rotatable bonds is 6. The van der Waals surface area contributed by atoms with Crippen LogP contribution in [0.2, 0.25) is 0 Å². The van der Waals surface area contributed by atoms with Gasteiger partial charge in [-0.25, -0.2) is 0 Å². The van der Waals surface area contributed by atoms with Crippen LogP contribution >= 0.6 is 0 Å². The van der Waals surface area contributed by atoms with Gasteiger partial charge in [0.1, 0.15) is 0 Å². The van der Waals surface area contributed by atoms with Crippen molar-refractivity contribution in [1.82, 2.24) is 15.0 Å². The largest absolute Gasteiger partial charge is 0.463 e. The summed E-state index contributed by atoms with van der Waals surface area (Å²) in [5.74, 6) is 1.08. The van der Waals surface area contributed by atoms with Gasteiger partial charge in [-0.2, -0.15) is 15.0 Å². The van der Waals surface area contributed by atoms with Crippen molar-refractivity contribution in [2.45, 2.75) is 32.8 Å². The molecule has 0 spiro atoms. The third-order valence-electron chi connectivity index (χ3n) is 2.82. The van der Waals surface area contributed by atoms with Crippen molar-refractivity contribution in [2.75, 3.05) is 36.5 Å². The van der Waals surface area contributed by atoms with E-state index in [9.17, 15) is 5.11 Å². The zero-order valence-electron chi connectivity index (χ0n) is 11.5. The molecule has 1 atom stereocenters. The molecule has 2 N–H and O–H groups in total. The first-order chi connectivity index (χ1) is 9.22. The SMILES string of the molecule is CCCOc1nc(NCC)nc(N2CCC(O)C2)n1. The number of hydrogen-bond acceptors (Lipinski definition) is 7. The van der Waals surface area contributed by atoms with Crippen molar-refractivity contribution in [2.24, 2.45) is 0 Å². The van der Waals surface area contributed by atoms with E-state index in [4.69, 9.17) is 4.74 Å². The lowest BCUT2D eigenvalue weighted by molar-refractivity contribution is 0.198. The summed E-state index contributed by atoms with van der Waals surface area (Å²) >= 11 is 0. The highest BCUT2D eigenvalue weighted by Gasteiger charge is 2.23. The number of nitrogens with zero attached hydrogens (tertiary/aromatic N) is 4. The van der Waals surface area contributed by atoms with Gasteiger partial charge in [0, 0.05) is 19.6 Å². The average molecular weight is 267 g/mol. The highest BCUT2D eigenvalue weighted by atomic mass is 16.5. The molecule has 1 aromatic heterocycles. The second-order valence-corrected chi connectivity index (χ2v) is 4.51. The molecule has 1 aliphatic rings. The van der Waals surface area contributed by atoms with Gasteiger partial charge >= 0.3 is 6.01 Å². The molecule has 0 amide bonds.